The van der Waals surface area contributed by atoms with Gasteiger partial charge in [-0.05, 0) is 36.7 Å². The molecular formula is C19H23ClFN3O3. The number of ether oxygens (including phenoxy) is 1. The second kappa shape index (κ2) is 11.2. The number of hydrogen-bond donors (Lipinski definition) is 3. The van der Waals surface area contributed by atoms with Crippen molar-refractivity contribution in [2.45, 2.75) is 6.92 Å². The average Bonchev–Trinajstić information content (AvgIpc) is 2.66. The standard InChI is InChI=1S/C19H22FN3O3.ClH/c1-13(10-21)11-22-19(25)14-6-2-5-9-17(14)26-12-18(24)23-16-8-4-3-7-15(16)20;/h2-9,13H,10-12,21H2,1H3,(H,22,25)(H,23,24);1H. The van der Waals surface area contributed by atoms with E-state index in [1.807, 2.05) is 6.92 Å². The predicted molar refractivity (Wildman–Crippen MR) is 105 cm³/mol. The third-order valence-electron chi connectivity index (χ3n) is 3.65. The molecule has 1 unspecified atom stereocenters. The molecule has 0 aliphatic carbocycles. The van der Waals surface area contributed by atoms with Crippen LogP contribution in [0.5, 0.6) is 5.75 Å². The Labute approximate surface area is 163 Å². The number of carbonyl (C=O) groups excluding carboxylic acids is 2. The molecule has 0 spiro atoms. The van der Waals surface area contributed by atoms with Gasteiger partial charge in [0.15, 0.2) is 6.61 Å². The highest BCUT2D eigenvalue weighted by Gasteiger charge is 2.14. The molecule has 0 saturated carbocycles. The van der Waals surface area contributed by atoms with E-state index in [1.54, 1.807) is 30.3 Å². The molecule has 2 aromatic rings. The number of anilines is 1. The van der Waals surface area contributed by atoms with Crippen LogP contribution in [-0.4, -0.2) is 31.5 Å². The maximum absolute atomic E-state index is 13.5. The first-order valence-electron chi connectivity index (χ1n) is 8.25. The van der Waals surface area contributed by atoms with Crippen LogP contribution in [0.2, 0.25) is 0 Å². The fourth-order valence-corrected chi connectivity index (χ4v) is 2.12. The molecule has 2 rings (SSSR count). The van der Waals surface area contributed by atoms with Gasteiger partial charge < -0.3 is 21.1 Å². The molecule has 2 aromatic carbocycles. The van der Waals surface area contributed by atoms with E-state index in [4.69, 9.17) is 10.5 Å². The molecule has 0 saturated heterocycles. The van der Waals surface area contributed by atoms with E-state index in [2.05, 4.69) is 10.6 Å². The summed E-state index contributed by atoms with van der Waals surface area (Å²) in [6.07, 6.45) is 0. The van der Waals surface area contributed by atoms with Crippen LogP contribution >= 0.6 is 12.4 Å². The van der Waals surface area contributed by atoms with Gasteiger partial charge in [0, 0.05) is 6.54 Å². The van der Waals surface area contributed by atoms with Crippen LogP contribution in [-0.2, 0) is 4.79 Å². The minimum absolute atomic E-state index is 0. The number of amides is 2. The largest absolute Gasteiger partial charge is 0.483 e. The molecule has 0 aliphatic heterocycles. The van der Waals surface area contributed by atoms with Crippen molar-refractivity contribution in [2.24, 2.45) is 11.7 Å². The van der Waals surface area contributed by atoms with E-state index in [1.165, 1.54) is 18.2 Å². The summed E-state index contributed by atoms with van der Waals surface area (Å²) >= 11 is 0. The van der Waals surface area contributed by atoms with E-state index in [9.17, 15) is 14.0 Å². The Kier molecular flexibility index (Phi) is 9.25. The number of nitrogens with one attached hydrogen (secondary N) is 2. The lowest BCUT2D eigenvalue weighted by Crippen LogP contribution is -2.31. The Balaban J connectivity index is 0.00000364. The number of carbonyl (C=O) groups is 2. The molecule has 0 heterocycles. The molecule has 0 aromatic heterocycles. The van der Waals surface area contributed by atoms with Crippen molar-refractivity contribution >= 4 is 29.9 Å². The monoisotopic (exact) mass is 395 g/mol. The minimum atomic E-state index is -0.533. The van der Waals surface area contributed by atoms with E-state index < -0.39 is 11.7 Å². The molecule has 27 heavy (non-hydrogen) atoms. The first kappa shape index (κ1) is 22.4. The number of hydrogen-bond acceptors (Lipinski definition) is 4. The zero-order chi connectivity index (χ0) is 18.9. The smallest absolute Gasteiger partial charge is 0.262 e. The number of rotatable bonds is 8. The summed E-state index contributed by atoms with van der Waals surface area (Å²) < 4.78 is 19.0. The molecule has 0 bridgehead atoms. The number of benzene rings is 2. The van der Waals surface area contributed by atoms with Gasteiger partial charge in [-0.1, -0.05) is 31.2 Å². The average molecular weight is 396 g/mol. The number of nitrogens with two attached hydrogens (primary N) is 1. The quantitative estimate of drug-likeness (QED) is 0.640. The Morgan fingerprint density at radius 1 is 1.15 bits per heavy atom. The normalized spacial score (nSPS) is 11.1. The molecule has 0 radical (unpaired) electrons. The fourth-order valence-electron chi connectivity index (χ4n) is 2.12. The van der Waals surface area contributed by atoms with Crippen LogP contribution in [0.4, 0.5) is 10.1 Å². The predicted octanol–water partition coefficient (Wildman–Crippen LogP) is 2.59. The van der Waals surface area contributed by atoms with Crippen molar-refractivity contribution in [3.8, 4) is 5.75 Å². The van der Waals surface area contributed by atoms with Gasteiger partial charge in [0.2, 0.25) is 0 Å². The highest BCUT2D eigenvalue weighted by Crippen LogP contribution is 2.18. The van der Waals surface area contributed by atoms with Gasteiger partial charge in [0.25, 0.3) is 11.8 Å². The van der Waals surface area contributed by atoms with Crippen LogP contribution in [0.15, 0.2) is 48.5 Å². The summed E-state index contributed by atoms with van der Waals surface area (Å²) in [5.74, 6) is -0.945. The summed E-state index contributed by atoms with van der Waals surface area (Å²) in [5.41, 5.74) is 5.92. The molecule has 2 amide bonds. The first-order chi connectivity index (χ1) is 12.5. The first-order valence-corrected chi connectivity index (χ1v) is 8.25. The SMILES string of the molecule is CC(CN)CNC(=O)c1ccccc1OCC(=O)Nc1ccccc1F.Cl. The second-order valence-corrected chi connectivity index (χ2v) is 5.86. The lowest BCUT2D eigenvalue weighted by Gasteiger charge is -2.13. The van der Waals surface area contributed by atoms with Gasteiger partial charge in [0.05, 0.1) is 11.3 Å². The van der Waals surface area contributed by atoms with E-state index in [-0.39, 0.29) is 42.3 Å². The van der Waals surface area contributed by atoms with Gasteiger partial charge in [-0.15, -0.1) is 12.4 Å². The molecule has 6 nitrogen and oxygen atoms in total. The summed E-state index contributed by atoms with van der Waals surface area (Å²) in [6.45, 7) is 2.49. The molecule has 4 N–H and O–H groups in total. The van der Waals surface area contributed by atoms with Crippen molar-refractivity contribution in [2.75, 3.05) is 25.0 Å². The van der Waals surface area contributed by atoms with E-state index in [0.29, 0.717) is 18.7 Å². The third-order valence-corrected chi connectivity index (χ3v) is 3.65. The molecule has 8 heteroatoms. The van der Waals surface area contributed by atoms with Gasteiger partial charge in [-0.2, -0.15) is 0 Å². The lowest BCUT2D eigenvalue weighted by molar-refractivity contribution is -0.118. The topological polar surface area (TPSA) is 93.4 Å². The van der Waals surface area contributed by atoms with Crippen LogP contribution in [0.1, 0.15) is 17.3 Å². The zero-order valence-corrected chi connectivity index (χ0v) is 15.7. The van der Waals surface area contributed by atoms with Crippen molar-refractivity contribution in [1.82, 2.24) is 5.32 Å². The van der Waals surface area contributed by atoms with Gasteiger partial charge >= 0.3 is 0 Å². The second-order valence-electron chi connectivity index (χ2n) is 5.86. The fraction of sp³-hybridized carbons (Fsp3) is 0.263. The Morgan fingerprint density at radius 3 is 2.52 bits per heavy atom. The van der Waals surface area contributed by atoms with Crippen molar-refractivity contribution < 1.29 is 18.7 Å². The summed E-state index contributed by atoms with van der Waals surface area (Å²) in [7, 11) is 0. The van der Waals surface area contributed by atoms with Crippen molar-refractivity contribution in [3.63, 3.8) is 0 Å². The number of halogens is 2. The van der Waals surface area contributed by atoms with Crippen molar-refractivity contribution in [1.29, 1.82) is 0 Å². The Bertz CT molecular complexity index is 773. The van der Waals surface area contributed by atoms with E-state index >= 15 is 0 Å². The summed E-state index contributed by atoms with van der Waals surface area (Å²) in [4.78, 5) is 24.2. The minimum Gasteiger partial charge on any atom is -0.483 e. The van der Waals surface area contributed by atoms with Crippen LogP contribution in [0.25, 0.3) is 0 Å². The number of para-hydroxylation sites is 2. The van der Waals surface area contributed by atoms with Crippen LogP contribution in [0.3, 0.4) is 0 Å². The maximum Gasteiger partial charge on any atom is 0.262 e. The van der Waals surface area contributed by atoms with E-state index in [0.717, 1.165) is 0 Å². The van der Waals surface area contributed by atoms with Crippen LogP contribution in [0, 0.1) is 11.7 Å². The highest BCUT2D eigenvalue weighted by atomic mass is 35.5. The third kappa shape index (κ3) is 6.88. The summed E-state index contributed by atoms with van der Waals surface area (Å²) in [5, 5.41) is 5.20. The van der Waals surface area contributed by atoms with Gasteiger partial charge in [-0.25, -0.2) is 4.39 Å². The molecule has 0 fully saturated rings. The lowest BCUT2D eigenvalue weighted by atomic mass is 10.1. The van der Waals surface area contributed by atoms with Gasteiger partial charge in [-0.3, -0.25) is 9.59 Å². The van der Waals surface area contributed by atoms with Crippen molar-refractivity contribution in [3.05, 3.63) is 59.9 Å². The van der Waals surface area contributed by atoms with Gasteiger partial charge in [0.1, 0.15) is 11.6 Å². The maximum atomic E-state index is 13.5. The zero-order valence-electron chi connectivity index (χ0n) is 14.9. The Hall–Kier alpha value is -2.64. The molecular weight excluding hydrogens is 373 g/mol. The Morgan fingerprint density at radius 2 is 1.81 bits per heavy atom. The van der Waals surface area contributed by atoms with Crippen LogP contribution < -0.4 is 21.1 Å². The summed E-state index contributed by atoms with van der Waals surface area (Å²) in [6, 6.07) is 12.4. The molecule has 0 aliphatic rings. The molecule has 1 atom stereocenters. The highest BCUT2D eigenvalue weighted by molar-refractivity contribution is 5.97. The molecule has 146 valence electrons.